The van der Waals surface area contributed by atoms with Crippen LogP contribution in [0.4, 0.5) is 0 Å². The van der Waals surface area contributed by atoms with E-state index < -0.39 is 135 Å². The molecule has 1 heterocycles. The highest BCUT2D eigenvalue weighted by molar-refractivity contribution is 6.74. The molecular formula is C59H79NO15Si2. The Kier molecular flexibility index (Phi) is 17.8. The minimum Gasteiger partial charge on any atom is -0.456 e. The predicted molar refractivity (Wildman–Crippen MR) is 291 cm³/mol. The summed E-state index contributed by atoms with van der Waals surface area (Å²) in [4.78, 5) is 88.4. The molecule has 3 aromatic carbocycles. The first kappa shape index (κ1) is 59.3. The molecule has 4 aliphatic rings. The maximum atomic E-state index is 16.4. The molecule has 18 heteroatoms. The molecule has 1 aliphatic heterocycles. The van der Waals surface area contributed by atoms with Crippen molar-refractivity contribution in [3.63, 3.8) is 0 Å². The molecule has 3 aromatic rings. The average molecular weight is 1100 g/mol. The lowest BCUT2D eigenvalue weighted by Crippen LogP contribution is -2.85. The molecule has 1 saturated heterocycles. The summed E-state index contributed by atoms with van der Waals surface area (Å²) in [6, 6.07) is 28.2. The van der Waals surface area contributed by atoms with Gasteiger partial charge in [0.2, 0.25) is 0 Å². The molecule has 0 aromatic heterocycles. The summed E-state index contributed by atoms with van der Waals surface area (Å²) >= 11 is 0. The van der Waals surface area contributed by atoms with Crippen LogP contribution in [0.3, 0.4) is 0 Å². The highest BCUT2D eigenvalue weighted by Crippen LogP contribution is 2.65. The number of esters is 4. The van der Waals surface area contributed by atoms with Crippen LogP contribution < -0.4 is 5.32 Å². The maximum absolute atomic E-state index is 16.4. The summed E-state index contributed by atoms with van der Waals surface area (Å²) in [5.41, 5.74) is -7.01. The fraction of sp³-hybridized carbons (Fsp3) is 0.559. The van der Waals surface area contributed by atoms with Crippen molar-refractivity contribution in [1.29, 1.82) is 0 Å². The predicted octanol–water partition coefficient (Wildman–Crippen LogP) is 8.77. The third kappa shape index (κ3) is 10.6. The molecule has 12 atom stereocenters. The molecule has 3 aliphatic carbocycles. The Morgan fingerprint density at radius 2 is 1.27 bits per heavy atom. The number of aliphatic hydroxyl groups excluding tert-OH is 1. The summed E-state index contributed by atoms with van der Waals surface area (Å²) in [6.45, 7) is 20.3. The lowest BCUT2D eigenvalue weighted by molar-refractivity contribution is -0.367. The Hall–Kier alpha value is -5.35. The van der Waals surface area contributed by atoms with E-state index in [9.17, 15) is 29.4 Å². The molecular weight excluding hydrogens is 1020 g/mol. The SMILES string of the molecule is CC[Si](CC)(CC)O[C@@H]1[C@H]2OC[C@@]2(OC(C)=O)[C@H]2[C@H](OC(=O)c3ccccc3)[C@]3(O)C[C@H](OC(=O)[C@H](O[Si](CC)(CC)CC)[C@@H](NC(=O)c4ccccc4)c4ccccc4)C(C)=C([C@@H](OC(C)=O)C(=O)[C@]2(C)[C@@H]1O)C3(C)C. The molecule has 2 saturated carbocycles. The highest BCUT2D eigenvalue weighted by Gasteiger charge is 2.81. The zero-order valence-electron chi connectivity index (χ0n) is 46.7. The van der Waals surface area contributed by atoms with E-state index in [0.717, 1.165) is 6.92 Å². The Labute approximate surface area is 455 Å². The summed E-state index contributed by atoms with van der Waals surface area (Å²) in [6.07, 6.45) is -11.5. The smallest absolute Gasteiger partial charge is 0.338 e. The third-order valence-corrected chi connectivity index (χ3v) is 27.4. The van der Waals surface area contributed by atoms with Gasteiger partial charge in [0.1, 0.15) is 30.0 Å². The quantitative estimate of drug-likeness (QED) is 0.0417. The van der Waals surface area contributed by atoms with Crippen LogP contribution >= 0.6 is 0 Å². The van der Waals surface area contributed by atoms with Gasteiger partial charge in [-0.25, -0.2) is 9.59 Å². The van der Waals surface area contributed by atoms with Crippen LogP contribution in [0.25, 0.3) is 0 Å². The number of ether oxygens (including phenoxy) is 5. The second kappa shape index (κ2) is 23.2. The van der Waals surface area contributed by atoms with Gasteiger partial charge in [-0.15, -0.1) is 0 Å². The minimum absolute atomic E-state index is 0.0381. The third-order valence-electron chi connectivity index (χ3n) is 18.1. The number of hydrogen-bond acceptors (Lipinski definition) is 15. The van der Waals surface area contributed by atoms with Gasteiger partial charge in [0.05, 0.1) is 35.6 Å². The van der Waals surface area contributed by atoms with Gasteiger partial charge in [-0.05, 0) is 91.1 Å². The number of nitrogens with one attached hydrogen (secondary N) is 1. The van der Waals surface area contributed by atoms with Crippen LogP contribution in [0, 0.1) is 16.7 Å². The van der Waals surface area contributed by atoms with Crippen LogP contribution in [0.5, 0.6) is 0 Å². The summed E-state index contributed by atoms with van der Waals surface area (Å²) in [7, 11) is -5.49. The number of hydrogen-bond donors (Lipinski definition) is 3. The Bertz CT molecular complexity index is 2660. The molecule has 418 valence electrons. The molecule has 0 unspecified atom stereocenters. The summed E-state index contributed by atoms with van der Waals surface area (Å²) in [5.74, 6) is -6.47. The van der Waals surface area contributed by atoms with Crippen molar-refractivity contribution < 1.29 is 71.5 Å². The second-order valence-electron chi connectivity index (χ2n) is 22.1. The van der Waals surface area contributed by atoms with E-state index in [1.165, 1.54) is 26.0 Å². The Morgan fingerprint density at radius 3 is 1.77 bits per heavy atom. The first-order valence-corrected chi connectivity index (χ1v) is 32.4. The van der Waals surface area contributed by atoms with Crippen LogP contribution in [0.2, 0.25) is 36.3 Å². The van der Waals surface area contributed by atoms with Gasteiger partial charge >= 0.3 is 23.9 Å². The van der Waals surface area contributed by atoms with E-state index in [2.05, 4.69) is 5.32 Å². The van der Waals surface area contributed by atoms with Crippen LogP contribution in [0.15, 0.2) is 102 Å². The number of carbonyl (C=O) groups is 6. The van der Waals surface area contributed by atoms with Crippen LogP contribution in [-0.2, 0) is 51.7 Å². The van der Waals surface area contributed by atoms with Gasteiger partial charge in [0.25, 0.3) is 5.91 Å². The second-order valence-corrected chi connectivity index (χ2v) is 31.6. The van der Waals surface area contributed by atoms with Crippen molar-refractivity contribution in [2.45, 2.75) is 186 Å². The monoisotopic (exact) mass is 1100 g/mol. The number of ketones is 1. The normalized spacial score (nSPS) is 29.4. The molecule has 2 bridgehead atoms. The molecule has 77 heavy (non-hydrogen) atoms. The fourth-order valence-corrected chi connectivity index (χ4v) is 18.6. The Balaban J connectivity index is 1.49. The van der Waals surface area contributed by atoms with E-state index >= 15 is 9.59 Å². The molecule has 1 amide bonds. The number of rotatable bonds is 20. The van der Waals surface area contributed by atoms with E-state index in [0.29, 0.717) is 47.4 Å². The molecule has 3 fully saturated rings. The number of Topliss-reactive ketones (excluding diaryl/α,β-unsaturated/α-hetero) is 1. The van der Waals surface area contributed by atoms with Crippen molar-refractivity contribution in [2.24, 2.45) is 16.7 Å². The van der Waals surface area contributed by atoms with Gasteiger partial charge in [-0.1, -0.05) is 122 Å². The molecule has 0 radical (unpaired) electrons. The van der Waals surface area contributed by atoms with Gasteiger partial charge in [-0.2, -0.15) is 0 Å². The van der Waals surface area contributed by atoms with Crippen molar-refractivity contribution in [1.82, 2.24) is 5.32 Å². The molecule has 7 rings (SSSR count). The van der Waals surface area contributed by atoms with Gasteiger partial charge in [-0.3, -0.25) is 19.2 Å². The number of fused-ring (bicyclic) bond motifs is 5. The minimum atomic E-state index is -2.78. The topological polar surface area (TPSA) is 220 Å². The Morgan fingerprint density at radius 1 is 0.740 bits per heavy atom. The van der Waals surface area contributed by atoms with Crippen molar-refractivity contribution in [3.8, 4) is 0 Å². The molecule has 16 nitrogen and oxygen atoms in total. The van der Waals surface area contributed by atoms with Gasteiger partial charge in [0.15, 0.2) is 40.2 Å². The number of aliphatic hydroxyl groups is 2. The van der Waals surface area contributed by atoms with Crippen molar-refractivity contribution in [2.75, 3.05) is 6.61 Å². The number of amides is 1. The summed E-state index contributed by atoms with van der Waals surface area (Å²) in [5, 5.41) is 30.7. The van der Waals surface area contributed by atoms with Crippen molar-refractivity contribution in [3.05, 3.63) is 119 Å². The zero-order chi connectivity index (χ0) is 56.5. The average Bonchev–Trinajstić information content (AvgIpc) is 3.54. The standard InChI is InChI=1S/C59H79NO15Si2/c1-13-76(14-2,15-3)74-46(44(39-28-22-19-23-29-39)60-53(65)40-30-24-20-25-31-40)55(67)71-42-34-59(68)52(72-54(66)41-32-26-21-27-33-41)48-57(12,49(63)45(70-37(8)61)43(36(42)7)56(59,10)11)50(64)47(75-77(16-4,17-5)18-6)51-58(48,35-69-51)73-38(9)62/h19-33,42,44-48,50-52,64,68H,13-18,34-35H2,1-12H3,(H,60,65)/t42-,44-,45+,46+,47-,48-,50+,51+,52-,57+,58+,59+/m0/s1. The van der Waals surface area contributed by atoms with E-state index in [1.54, 1.807) is 93.6 Å². The van der Waals surface area contributed by atoms with E-state index in [1.807, 2.05) is 47.6 Å². The zero-order valence-corrected chi connectivity index (χ0v) is 48.7. The maximum Gasteiger partial charge on any atom is 0.338 e. The summed E-state index contributed by atoms with van der Waals surface area (Å²) < 4.78 is 46.6. The van der Waals surface area contributed by atoms with Crippen LogP contribution in [0.1, 0.15) is 122 Å². The lowest BCUT2D eigenvalue weighted by atomic mass is 9.44. The first-order chi connectivity index (χ1) is 36.4. The van der Waals surface area contributed by atoms with Crippen LogP contribution in [-0.4, -0.2) is 123 Å². The molecule has 0 spiro atoms. The van der Waals surface area contributed by atoms with Gasteiger partial charge in [0, 0.05) is 31.2 Å². The fourth-order valence-electron chi connectivity index (χ4n) is 13.0. The number of carbonyl (C=O) groups excluding carboxylic acids is 6. The first-order valence-electron chi connectivity index (χ1n) is 27.3. The van der Waals surface area contributed by atoms with Gasteiger partial charge < -0.3 is 48.1 Å². The molecule has 3 N–H and O–H groups in total. The number of benzene rings is 3. The van der Waals surface area contributed by atoms with E-state index in [4.69, 9.17) is 32.5 Å². The van der Waals surface area contributed by atoms with E-state index in [-0.39, 0.29) is 23.3 Å². The highest BCUT2D eigenvalue weighted by atomic mass is 28.4. The lowest BCUT2D eigenvalue weighted by Gasteiger charge is -2.69. The largest absolute Gasteiger partial charge is 0.456 e. The van der Waals surface area contributed by atoms with Crippen molar-refractivity contribution >= 4 is 52.2 Å².